The van der Waals surface area contributed by atoms with Crippen molar-refractivity contribution >= 4 is 12.6 Å². The monoisotopic (exact) mass is 374 g/mol. The predicted molar refractivity (Wildman–Crippen MR) is 114 cm³/mol. The number of fused-ring (bicyclic) bond motifs is 7. The van der Waals surface area contributed by atoms with Crippen molar-refractivity contribution in [1.82, 2.24) is 0 Å². The van der Waals surface area contributed by atoms with Crippen LogP contribution in [0.2, 0.25) is 0 Å². The number of thiol groups is 1. The molecule has 5 fully saturated rings. The maximum atomic E-state index is 4.60. The molecule has 0 aromatic heterocycles. The van der Waals surface area contributed by atoms with Crippen LogP contribution in [0.5, 0.6) is 0 Å². The summed E-state index contributed by atoms with van der Waals surface area (Å²) < 4.78 is 0. The van der Waals surface area contributed by atoms with Crippen LogP contribution in [0.15, 0.2) is 0 Å². The number of rotatable bonds is 7. The Balaban J connectivity index is 1.41. The summed E-state index contributed by atoms with van der Waals surface area (Å²) in [7, 11) is 0. The van der Waals surface area contributed by atoms with E-state index in [4.69, 9.17) is 0 Å². The standard InChI is InChI=1S/C25H42S/c1-4-6-8-17-16(7-5-2)23-14(3)18(23)12-22-24(17)21-11-15(9-10-26)19-13-20(19)25(21)22/h14-26H,4-13H2,1-3H3/t14?,15?,16?,17?,18-,19-,20?,21?,22+,23?,24+,25?/m0/s1. The van der Waals surface area contributed by atoms with Crippen LogP contribution in [0, 0.1) is 71.0 Å². The van der Waals surface area contributed by atoms with Crippen molar-refractivity contribution in [1.29, 1.82) is 0 Å². The second kappa shape index (κ2) is 7.00. The van der Waals surface area contributed by atoms with E-state index in [1.807, 2.05) is 0 Å². The van der Waals surface area contributed by atoms with Gasteiger partial charge in [-0.15, -0.1) is 0 Å². The maximum Gasteiger partial charge on any atom is -0.00952 e. The summed E-state index contributed by atoms with van der Waals surface area (Å²) >= 11 is 4.60. The van der Waals surface area contributed by atoms with Gasteiger partial charge in [0, 0.05) is 0 Å². The molecule has 5 aliphatic carbocycles. The highest BCUT2D eigenvalue weighted by molar-refractivity contribution is 7.80. The second-order valence-corrected chi connectivity index (χ2v) is 11.6. The van der Waals surface area contributed by atoms with Crippen LogP contribution in [-0.4, -0.2) is 5.75 Å². The molecule has 0 nitrogen and oxygen atoms in total. The molecule has 0 N–H and O–H groups in total. The molecule has 26 heavy (non-hydrogen) atoms. The highest BCUT2D eigenvalue weighted by Crippen LogP contribution is 2.75. The Bertz CT molecular complexity index is 514. The fourth-order valence-electron chi connectivity index (χ4n) is 9.27. The smallest absolute Gasteiger partial charge is 0.00952 e. The van der Waals surface area contributed by atoms with Gasteiger partial charge in [0.2, 0.25) is 0 Å². The Hall–Kier alpha value is 0.350. The summed E-state index contributed by atoms with van der Waals surface area (Å²) in [6.07, 6.45) is 13.7. The Morgan fingerprint density at radius 1 is 0.692 bits per heavy atom. The minimum Gasteiger partial charge on any atom is -0.179 e. The third-order valence-corrected chi connectivity index (χ3v) is 10.5. The van der Waals surface area contributed by atoms with Crippen molar-refractivity contribution in [3.63, 3.8) is 0 Å². The van der Waals surface area contributed by atoms with E-state index in [0.29, 0.717) is 0 Å². The fraction of sp³-hybridized carbons (Fsp3) is 1.00. The second-order valence-electron chi connectivity index (χ2n) is 11.1. The quantitative estimate of drug-likeness (QED) is 0.458. The molecule has 0 bridgehead atoms. The van der Waals surface area contributed by atoms with Crippen LogP contribution < -0.4 is 0 Å². The average Bonchev–Trinajstić information content (AvgIpc) is 3.52. The lowest BCUT2D eigenvalue weighted by molar-refractivity contribution is -0.120. The minimum atomic E-state index is 1.05. The Labute approximate surface area is 168 Å². The highest BCUT2D eigenvalue weighted by atomic mass is 32.1. The third-order valence-electron chi connectivity index (χ3n) is 10.3. The first-order valence-corrected chi connectivity index (χ1v) is 12.9. The number of unbranched alkanes of at least 4 members (excludes halogenated alkanes) is 1. The molecule has 1 heteroatoms. The van der Waals surface area contributed by atoms with Gasteiger partial charge in [-0.05, 0) is 109 Å². The first kappa shape index (κ1) is 18.4. The van der Waals surface area contributed by atoms with Crippen LogP contribution in [0.3, 0.4) is 0 Å². The summed E-state index contributed by atoms with van der Waals surface area (Å²) in [4.78, 5) is 0. The van der Waals surface area contributed by atoms with Crippen LogP contribution in [0.25, 0.3) is 0 Å². The lowest BCUT2D eigenvalue weighted by atomic mass is 9.45. The first-order chi connectivity index (χ1) is 12.7. The topological polar surface area (TPSA) is 0 Å². The maximum absolute atomic E-state index is 4.60. The summed E-state index contributed by atoms with van der Waals surface area (Å²) in [6.45, 7) is 7.46. The zero-order valence-electron chi connectivity index (χ0n) is 17.4. The van der Waals surface area contributed by atoms with Gasteiger partial charge in [-0.2, -0.15) is 12.6 Å². The highest BCUT2D eigenvalue weighted by Gasteiger charge is 2.69. The van der Waals surface area contributed by atoms with Crippen LogP contribution >= 0.6 is 12.6 Å². The van der Waals surface area contributed by atoms with E-state index in [1.54, 1.807) is 25.7 Å². The van der Waals surface area contributed by atoms with E-state index >= 15 is 0 Å². The molecule has 0 aromatic carbocycles. The van der Waals surface area contributed by atoms with Gasteiger partial charge in [-0.25, -0.2) is 0 Å². The van der Waals surface area contributed by atoms with Crippen LogP contribution in [0.4, 0.5) is 0 Å². The molecular weight excluding hydrogens is 332 g/mol. The van der Waals surface area contributed by atoms with Gasteiger partial charge in [0.1, 0.15) is 0 Å². The molecule has 0 aromatic rings. The van der Waals surface area contributed by atoms with E-state index in [-0.39, 0.29) is 0 Å². The SMILES string of the molecule is CCCCC1C(CCC)C2C(C)[C@@H]2C[C@H]2C3C4C[C@H]4C(CCS)CC3[C@@H]12. The van der Waals surface area contributed by atoms with Crippen molar-refractivity contribution in [2.75, 3.05) is 5.75 Å². The molecule has 0 amide bonds. The van der Waals surface area contributed by atoms with Gasteiger partial charge in [-0.3, -0.25) is 0 Å². The van der Waals surface area contributed by atoms with E-state index in [0.717, 1.165) is 70.8 Å². The Kier molecular flexibility index (Phi) is 4.95. The minimum absolute atomic E-state index is 1.05. The van der Waals surface area contributed by atoms with Crippen molar-refractivity contribution in [3.05, 3.63) is 0 Å². The molecule has 5 aliphatic rings. The zero-order chi connectivity index (χ0) is 18.0. The lowest BCUT2D eigenvalue weighted by Gasteiger charge is -2.60. The van der Waals surface area contributed by atoms with Crippen molar-refractivity contribution in [3.8, 4) is 0 Å². The van der Waals surface area contributed by atoms with Crippen LogP contribution in [-0.2, 0) is 0 Å². The molecule has 0 radical (unpaired) electrons. The van der Waals surface area contributed by atoms with Gasteiger partial charge in [-0.1, -0.05) is 46.5 Å². The van der Waals surface area contributed by atoms with Crippen molar-refractivity contribution < 1.29 is 0 Å². The molecule has 0 heterocycles. The molecule has 12 atom stereocenters. The summed E-state index contributed by atoms with van der Waals surface area (Å²) in [6, 6.07) is 0. The van der Waals surface area contributed by atoms with E-state index in [1.165, 1.54) is 38.0 Å². The molecule has 8 unspecified atom stereocenters. The molecule has 0 aliphatic heterocycles. The molecule has 0 saturated heterocycles. The van der Waals surface area contributed by atoms with Gasteiger partial charge in [0.05, 0.1) is 0 Å². The van der Waals surface area contributed by atoms with Gasteiger partial charge in [0.25, 0.3) is 0 Å². The average molecular weight is 375 g/mol. The Morgan fingerprint density at radius 2 is 1.42 bits per heavy atom. The summed E-state index contributed by atoms with van der Waals surface area (Å²) in [5.74, 6) is 14.5. The van der Waals surface area contributed by atoms with Gasteiger partial charge < -0.3 is 0 Å². The molecular formula is C25H42S. The summed E-state index contributed by atoms with van der Waals surface area (Å²) in [5.41, 5.74) is 0. The molecule has 148 valence electrons. The van der Waals surface area contributed by atoms with E-state index < -0.39 is 0 Å². The van der Waals surface area contributed by atoms with E-state index in [2.05, 4.69) is 33.4 Å². The first-order valence-electron chi connectivity index (χ1n) is 12.3. The van der Waals surface area contributed by atoms with Gasteiger partial charge in [0.15, 0.2) is 0 Å². The number of hydrogen-bond donors (Lipinski definition) is 1. The van der Waals surface area contributed by atoms with Crippen molar-refractivity contribution in [2.45, 2.75) is 78.6 Å². The normalized spacial score (nSPS) is 56.3. The van der Waals surface area contributed by atoms with Gasteiger partial charge >= 0.3 is 0 Å². The predicted octanol–water partition coefficient (Wildman–Crippen LogP) is 6.95. The van der Waals surface area contributed by atoms with E-state index in [9.17, 15) is 0 Å². The fourth-order valence-corrected chi connectivity index (χ4v) is 9.61. The van der Waals surface area contributed by atoms with Crippen molar-refractivity contribution in [2.24, 2.45) is 71.0 Å². The number of hydrogen-bond acceptors (Lipinski definition) is 1. The lowest BCUT2D eigenvalue weighted by Crippen LogP contribution is -2.55. The molecule has 0 spiro atoms. The van der Waals surface area contributed by atoms with Crippen LogP contribution in [0.1, 0.15) is 78.6 Å². The largest absolute Gasteiger partial charge is 0.179 e. The molecule has 5 saturated carbocycles. The zero-order valence-corrected chi connectivity index (χ0v) is 18.3. The molecule has 5 rings (SSSR count). The Morgan fingerprint density at radius 3 is 2.15 bits per heavy atom. The summed E-state index contributed by atoms with van der Waals surface area (Å²) in [5, 5.41) is 0. The third kappa shape index (κ3) is 2.68.